The van der Waals surface area contributed by atoms with Crippen molar-refractivity contribution in [2.75, 3.05) is 23.4 Å². The molecule has 4 rings (SSSR count). The van der Waals surface area contributed by atoms with E-state index in [-0.39, 0.29) is 28.9 Å². The van der Waals surface area contributed by atoms with E-state index in [4.69, 9.17) is 11.5 Å². The highest BCUT2D eigenvalue weighted by molar-refractivity contribution is 5.87. The average molecular weight is 399 g/mol. The van der Waals surface area contributed by atoms with Crippen molar-refractivity contribution in [2.24, 2.45) is 0 Å². The number of rotatable bonds is 3. The Labute approximate surface area is 163 Å². The molecule has 7 nitrogen and oxygen atoms in total. The molecule has 4 N–H and O–H groups in total. The number of benzene rings is 2. The van der Waals surface area contributed by atoms with Crippen molar-refractivity contribution in [3.63, 3.8) is 0 Å². The summed E-state index contributed by atoms with van der Waals surface area (Å²) in [7, 11) is 1.29. The third-order valence-electron chi connectivity index (χ3n) is 4.62. The van der Waals surface area contributed by atoms with Gasteiger partial charge in [0.1, 0.15) is 5.82 Å². The van der Waals surface area contributed by atoms with Crippen molar-refractivity contribution in [3.8, 4) is 0 Å². The van der Waals surface area contributed by atoms with E-state index in [1.165, 1.54) is 19.3 Å². The van der Waals surface area contributed by atoms with Gasteiger partial charge in [-0.15, -0.1) is 0 Å². The summed E-state index contributed by atoms with van der Waals surface area (Å²) in [6.45, 7) is 0. The molecule has 0 saturated heterocycles. The summed E-state index contributed by atoms with van der Waals surface area (Å²) in [6.07, 6.45) is -3.29. The molecular weight excluding hydrogens is 383 g/mol. The number of nitrogens with two attached hydrogens (primary N) is 2. The lowest BCUT2D eigenvalue weighted by atomic mass is 9.97. The SMILES string of the molecule is CN(c1ncc2c(N)nc(N)nc2n1)C(c1cccc2ccccc12)C(F)(F)F. The minimum absolute atomic E-state index is 0.0585. The zero-order valence-corrected chi connectivity index (χ0v) is 15.2. The van der Waals surface area contributed by atoms with Crippen molar-refractivity contribution in [1.82, 2.24) is 19.9 Å². The summed E-state index contributed by atoms with van der Waals surface area (Å²) < 4.78 is 42.4. The van der Waals surface area contributed by atoms with Gasteiger partial charge >= 0.3 is 6.18 Å². The second-order valence-corrected chi connectivity index (χ2v) is 6.50. The molecule has 0 radical (unpaired) electrons. The molecule has 29 heavy (non-hydrogen) atoms. The van der Waals surface area contributed by atoms with Gasteiger partial charge in [-0.2, -0.15) is 28.1 Å². The molecule has 4 aromatic rings. The predicted molar refractivity (Wildman–Crippen MR) is 105 cm³/mol. The van der Waals surface area contributed by atoms with Crippen LogP contribution in [0.1, 0.15) is 11.6 Å². The molecule has 2 heterocycles. The van der Waals surface area contributed by atoms with Crippen LogP contribution in [0.3, 0.4) is 0 Å². The molecule has 0 amide bonds. The largest absolute Gasteiger partial charge is 0.413 e. The molecule has 1 unspecified atom stereocenters. The highest BCUT2D eigenvalue weighted by Gasteiger charge is 2.45. The Morgan fingerprint density at radius 1 is 0.931 bits per heavy atom. The molecule has 0 aliphatic rings. The maximum Gasteiger partial charge on any atom is 0.413 e. The van der Waals surface area contributed by atoms with Crippen molar-refractivity contribution in [1.29, 1.82) is 0 Å². The van der Waals surface area contributed by atoms with E-state index in [0.29, 0.717) is 16.2 Å². The lowest BCUT2D eigenvalue weighted by Gasteiger charge is -2.31. The van der Waals surface area contributed by atoms with Gasteiger partial charge in [0.05, 0.1) is 5.39 Å². The van der Waals surface area contributed by atoms with Gasteiger partial charge in [0.2, 0.25) is 11.9 Å². The van der Waals surface area contributed by atoms with Crippen molar-refractivity contribution in [3.05, 3.63) is 54.2 Å². The van der Waals surface area contributed by atoms with Crippen molar-refractivity contribution >= 4 is 39.5 Å². The molecule has 10 heteroatoms. The summed E-state index contributed by atoms with van der Waals surface area (Å²) in [5, 5.41) is 1.52. The first-order valence-electron chi connectivity index (χ1n) is 8.58. The summed E-state index contributed by atoms with van der Waals surface area (Å²) in [4.78, 5) is 16.9. The number of nitrogens with zero attached hydrogens (tertiary/aromatic N) is 5. The van der Waals surface area contributed by atoms with Gasteiger partial charge in [-0.3, -0.25) is 0 Å². The molecule has 0 aliphatic heterocycles. The quantitative estimate of drug-likeness (QED) is 0.543. The number of fused-ring (bicyclic) bond motifs is 2. The molecule has 0 spiro atoms. The Bertz CT molecular complexity index is 1200. The van der Waals surface area contributed by atoms with Gasteiger partial charge in [0, 0.05) is 13.2 Å². The van der Waals surface area contributed by atoms with E-state index in [9.17, 15) is 13.2 Å². The van der Waals surface area contributed by atoms with Gasteiger partial charge in [-0.1, -0.05) is 42.5 Å². The van der Waals surface area contributed by atoms with Gasteiger partial charge in [0.25, 0.3) is 0 Å². The normalized spacial score (nSPS) is 13.0. The van der Waals surface area contributed by atoms with Crippen LogP contribution >= 0.6 is 0 Å². The maximum atomic E-state index is 14.1. The maximum absolute atomic E-state index is 14.1. The van der Waals surface area contributed by atoms with Crippen LogP contribution in [0.15, 0.2) is 48.7 Å². The van der Waals surface area contributed by atoms with Gasteiger partial charge in [0.15, 0.2) is 11.7 Å². The third kappa shape index (κ3) is 3.33. The third-order valence-corrected chi connectivity index (χ3v) is 4.62. The highest BCUT2D eigenvalue weighted by atomic mass is 19.4. The molecule has 2 aromatic heterocycles. The van der Waals surface area contributed by atoms with Crippen LogP contribution in [0.2, 0.25) is 0 Å². The first-order valence-corrected chi connectivity index (χ1v) is 8.58. The van der Waals surface area contributed by atoms with E-state index in [0.717, 1.165) is 4.90 Å². The van der Waals surface area contributed by atoms with E-state index < -0.39 is 12.2 Å². The number of hydrogen-bond donors (Lipinski definition) is 2. The Hall–Kier alpha value is -3.69. The molecule has 1 atom stereocenters. The molecule has 148 valence electrons. The lowest BCUT2D eigenvalue weighted by molar-refractivity contribution is -0.149. The molecule has 0 saturated carbocycles. The molecule has 0 fully saturated rings. The fraction of sp³-hybridized carbons (Fsp3) is 0.158. The Balaban J connectivity index is 1.87. The Morgan fingerprint density at radius 3 is 2.41 bits per heavy atom. The average Bonchev–Trinajstić information content (AvgIpc) is 2.66. The monoisotopic (exact) mass is 399 g/mol. The van der Waals surface area contributed by atoms with E-state index in [1.54, 1.807) is 36.4 Å². The van der Waals surface area contributed by atoms with E-state index in [2.05, 4.69) is 19.9 Å². The standard InChI is InChI=1S/C19H16F3N7/c1-29(18-25-9-13-15(23)26-17(24)27-16(13)28-18)14(19(20,21)22)12-8-4-6-10-5-2-3-7-11(10)12/h2-9,14H,1H3,(H4,23,24,25,26,27,28). The number of alkyl halides is 3. The molecular formula is C19H16F3N7. The van der Waals surface area contributed by atoms with Gasteiger partial charge < -0.3 is 16.4 Å². The molecule has 0 bridgehead atoms. The summed E-state index contributed by atoms with van der Waals surface area (Å²) in [5.74, 6) is -0.225. The number of nitrogen functional groups attached to an aromatic ring is 2. The number of hydrogen-bond acceptors (Lipinski definition) is 7. The van der Waals surface area contributed by atoms with Crippen LogP contribution in [0.25, 0.3) is 21.8 Å². The number of halogens is 3. The number of anilines is 3. The fourth-order valence-electron chi connectivity index (χ4n) is 3.33. The lowest BCUT2D eigenvalue weighted by Crippen LogP contribution is -2.37. The summed E-state index contributed by atoms with van der Waals surface area (Å²) in [6, 6.07) is 9.75. The second-order valence-electron chi connectivity index (χ2n) is 6.50. The van der Waals surface area contributed by atoms with Crippen LogP contribution in [-0.2, 0) is 0 Å². The van der Waals surface area contributed by atoms with Crippen LogP contribution in [0.5, 0.6) is 0 Å². The van der Waals surface area contributed by atoms with Crippen LogP contribution in [0, 0.1) is 0 Å². The first kappa shape index (κ1) is 18.7. The Kier molecular flexibility index (Phi) is 4.33. The smallest absolute Gasteiger partial charge is 0.383 e. The molecule has 0 aliphatic carbocycles. The molecule has 2 aromatic carbocycles. The highest BCUT2D eigenvalue weighted by Crippen LogP contribution is 2.41. The van der Waals surface area contributed by atoms with Crippen LogP contribution in [0.4, 0.5) is 30.9 Å². The van der Waals surface area contributed by atoms with Crippen molar-refractivity contribution in [2.45, 2.75) is 12.2 Å². The van der Waals surface area contributed by atoms with Crippen LogP contribution < -0.4 is 16.4 Å². The van der Waals surface area contributed by atoms with E-state index in [1.807, 2.05) is 0 Å². The minimum atomic E-state index is -4.58. The van der Waals surface area contributed by atoms with Gasteiger partial charge in [-0.05, 0) is 16.3 Å². The number of aromatic nitrogens is 4. The zero-order chi connectivity index (χ0) is 20.8. The fourth-order valence-corrected chi connectivity index (χ4v) is 3.33. The zero-order valence-electron chi connectivity index (χ0n) is 15.2. The van der Waals surface area contributed by atoms with Crippen molar-refractivity contribution < 1.29 is 13.2 Å². The minimum Gasteiger partial charge on any atom is -0.383 e. The Morgan fingerprint density at radius 2 is 1.66 bits per heavy atom. The van der Waals surface area contributed by atoms with Gasteiger partial charge in [-0.25, -0.2) is 4.98 Å². The predicted octanol–water partition coefficient (Wildman–Crippen LogP) is 3.48. The first-order chi connectivity index (χ1) is 13.8. The van der Waals surface area contributed by atoms with E-state index >= 15 is 0 Å². The summed E-state index contributed by atoms with van der Waals surface area (Å²) >= 11 is 0. The second kappa shape index (κ2) is 6.73. The summed E-state index contributed by atoms with van der Waals surface area (Å²) in [5.41, 5.74) is 11.5. The van der Waals surface area contributed by atoms with Crippen LogP contribution in [-0.4, -0.2) is 33.2 Å². The topological polar surface area (TPSA) is 107 Å².